The van der Waals surface area contributed by atoms with E-state index in [-0.39, 0.29) is 0 Å². The molecule has 4 aromatic carbocycles. The van der Waals surface area contributed by atoms with E-state index in [1.807, 2.05) is 60.7 Å². The summed E-state index contributed by atoms with van der Waals surface area (Å²) in [5.41, 5.74) is 1.13. The topological polar surface area (TPSA) is 12.9 Å². The lowest BCUT2D eigenvalue weighted by atomic mass is 10.2. The molecule has 1 aromatic heterocycles. The maximum absolute atomic E-state index is 14.4. The molecule has 31 heavy (non-hydrogen) atoms. The van der Waals surface area contributed by atoms with Crippen LogP contribution in [0, 0.1) is 11.6 Å². The Morgan fingerprint density at radius 1 is 0.548 bits per heavy atom. The third-order valence-electron chi connectivity index (χ3n) is 5.48. The van der Waals surface area contributed by atoms with Crippen LogP contribution in [0.25, 0.3) is 10.9 Å². The highest BCUT2D eigenvalue weighted by atomic mass is 31.2. The van der Waals surface area contributed by atoms with Crippen LogP contribution in [0.2, 0.25) is 0 Å². The molecule has 1 nitrogen and oxygen atoms in total. The van der Waals surface area contributed by atoms with Gasteiger partial charge in [-0.15, -0.1) is 0 Å². The van der Waals surface area contributed by atoms with Crippen LogP contribution in [0.5, 0.6) is 0 Å². The molecule has 0 amide bonds. The van der Waals surface area contributed by atoms with Crippen molar-refractivity contribution < 1.29 is 8.78 Å². The fraction of sp³-hybridized carbons (Fsp3) is 0. The van der Waals surface area contributed by atoms with Crippen LogP contribution in [-0.2, 0) is 0 Å². The van der Waals surface area contributed by atoms with E-state index >= 15 is 0 Å². The molecule has 0 spiro atoms. The molecule has 4 heteroatoms. The van der Waals surface area contributed by atoms with E-state index in [1.165, 1.54) is 6.07 Å². The van der Waals surface area contributed by atoms with Gasteiger partial charge in [0.25, 0.3) is 0 Å². The number of rotatable bonds is 4. The molecule has 0 saturated heterocycles. The van der Waals surface area contributed by atoms with Gasteiger partial charge in [-0.05, 0) is 42.5 Å². The zero-order valence-electron chi connectivity index (χ0n) is 16.6. The largest absolute Gasteiger partial charge is 0.212 e. The van der Waals surface area contributed by atoms with Gasteiger partial charge in [0.1, 0.15) is 27.5 Å². The SMILES string of the molecule is Fc1cc(F)c2ccc([P+](c3ccccc3)(c3ccccc3)c3ccccc3)nc2c1. The fourth-order valence-electron chi connectivity index (χ4n) is 4.13. The summed E-state index contributed by atoms with van der Waals surface area (Å²) in [6.07, 6.45) is 0. The normalized spacial score (nSPS) is 11.5. The second kappa shape index (κ2) is 8.02. The molecule has 0 fully saturated rings. The first kappa shape index (κ1) is 19.5. The summed E-state index contributed by atoms with van der Waals surface area (Å²) < 4.78 is 28.4. The van der Waals surface area contributed by atoms with Gasteiger partial charge in [0.05, 0.1) is 5.52 Å². The van der Waals surface area contributed by atoms with Gasteiger partial charge >= 0.3 is 0 Å². The van der Waals surface area contributed by atoms with Crippen molar-refractivity contribution in [2.45, 2.75) is 0 Å². The Kier molecular flexibility index (Phi) is 5.05. The van der Waals surface area contributed by atoms with Gasteiger partial charge in [-0.2, -0.15) is 0 Å². The highest BCUT2D eigenvalue weighted by molar-refractivity contribution is 8.01. The molecule has 150 valence electrons. The highest BCUT2D eigenvalue weighted by Crippen LogP contribution is 2.53. The van der Waals surface area contributed by atoms with Gasteiger partial charge in [0, 0.05) is 23.6 Å². The van der Waals surface area contributed by atoms with Crippen LogP contribution in [0.15, 0.2) is 115 Å². The number of aromatic nitrogens is 1. The fourth-order valence-corrected chi connectivity index (χ4v) is 8.23. The van der Waals surface area contributed by atoms with Crippen LogP contribution < -0.4 is 21.3 Å². The molecule has 0 N–H and O–H groups in total. The van der Waals surface area contributed by atoms with Crippen LogP contribution >= 0.6 is 7.26 Å². The van der Waals surface area contributed by atoms with Crippen LogP contribution in [0.3, 0.4) is 0 Å². The number of pyridine rings is 1. The summed E-state index contributed by atoms with van der Waals surface area (Å²) in [6, 6.07) is 36.6. The summed E-state index contributed by atoms with van der Waals surface area (Å²) in [4.78, 5) is 4.87. The van der Waals surface area contributed by atoms with Gasteiger partial charge in [-0.1, -0.05) is 54.6 Å². The first-order chi connectivity index (χ1) is 15.2. The predicted molar refractivity (Wildman–Crippen MR) is 126 cm³/mol. The third-order valence-corrected chi connectivity index (χ3v) is 9.64. The maximum atomic E-state index is 14.4. The van der Waals surface area contributed by atoms with Gasteiger partial charge in [0.2, 0.25) is 0 Å². The van der Waals surface area contributed by atoms with E-state index in [9.17, 15) is 8.78 Å². The molecule has 0 aliphatic carbocycles. The summed E-state index contributed by atoms with van der Waals surface area (Å²) in [5.74, 6) is -1.23. The average Bonchev–Trinajstić information content (AvgIpc) is 2.81. The number of nitrogens with zero attached hydrogens (tertiary/aromatic N) is 1. The van der Waals surface area contributed by atoms with Crippen molar-refractivity contribution in [1.29, 1.82) is 0 Å². The molecular formula is C27H19F2NP+. The zero-order valence-corrected chi connectivity index (χ0v) is 17.5. The van der Waals surface area contributed by atoms with Gasteiger partial charge < -0.3 is 0 Å². The second-order valence-electron chi connectivity index (χ2n) is 7.30. The van der Waals surface area contributed by atoms with Crippen molar-refractivity contribution in [2.75, 3.05) is 0 Å². The molecule has 0 aliphatic rings. The Bertz CT molecular complexity index is 1240. The summed E-state index contributed by atoms with van der Waals surface area (Å²) in [6.45, 7) is 0. The lowest BCUT2D eigenvalue weighted by Gasteiger charge is -2.26. The second-order valence-corrected chi connectivity index (χ2v) is 10.7. The van der Waals surface area contributed by atoms with Crippen molar-refractivity contribution in [1.82, 2.24) is 4.98 Å². The summed E-state index contributed by atoms with van der Waals surface area (Å²) >= 11 is 0. The van der Waals surface area contributed by atoms with Crippen molar-refractivity contribution in [3.05, 3.63) is 127 Å². The van der Waals surface area contributed by atoms with Crippen molar-refractivity contribution in [2.24, 2.45) is 0 Å². The maximum Gasteiger partial charge on any atom is 0.198 e. The number of hydrogen-bond donors (Lipinski definition) is 0. The molecule has 0 atom stereocenters. The monoisotopic (exact) mass is 426 g/mol. The number of benzene rings is 4. The average molecular weight is 426 g/mol. The minimum absolute atomic E-state index is 0.317. The molecule has 5 rings (SSSR count). The first-order valence-corrected chi connectivity index (χ1v) is 11.8. The standard InChI is InChI=1S/C27H19F2NP/c28-20-18-25(29)24-16-17-27(30-26(24)19-20)31(21-10-4-1-5-11-21,22-12-6-2-7-13-22)23-14-8-3-9-15-23/h1-19H/q+1. The quantitative estimate of drug-likeness (QED) is 0.363. The molecule has 1 heterocycles. The number of hydrogen-bond acceptors (Lipinski definition) is 1. The summed E-state index contributed by atoms with van der Waals surface area (Å²) in [5, 5.41) is 3.72. The third kappa shape index (κ3) is 3.32. The van der Waals surface area contributed by atoms with E-state index in [2.05, 4.69) is 36.4 Å². The Balaban J connectivity index is 1.92. The smallest absolute Gasteiger partial charge is 0.198 e. The number of halogens is 2. The lowest BCUT2D eigenvalue weighted by Crippen LogP contribution is -2.39. The van der Waals surface area contributed by atoms with E-state index in [0.717, 1.165) is 27.4 Å². The van der Waals surface area contributed by atoms with E-state index in [0.29, 0.717) is 10.9 Å². The first-order valence-electron chi connectivity index (χ1n) is 10.0. The minimum Gasteiger partial charge on any atom is -0.212 e. The van der Waals surface area contributed by atoms with Crippen LogP contribution in [0.1, 0.15) is 0 Å². The van der Waals surface area contributed by atoms with Gasteiger partial charge in [-0.3, -0.25) is 0 Å². The van der Waals surface area contributed by atoms with Gasteiger partial charge in [-0.25, -0.2) is 13.8 Å². The van der Waals surface area contributed by atoms with Crippen LogP contribution in [-0.4, -0.2) is 4.98 Å². The molecule has 0 unspecified atom stereocenters. The Morgan fingerprint density at radius 2 is 1.03 bits per heavy atom. The van der Waals surface area contributed by atoms with Crippen molar-refractivity contribution in [3.63, 3.8) is 0 Å². The molecular weight excluding hydrogens is 407 g/mol. The molecule has 0 saturated carbocycles. The highest BCUT2D eigenvalue weighted by Gasteiger charge is 2.49. The molecule has 0 radical (unpaired) electrons. The molecule has 5 aromatic rings. The van der Waals surface area contributed by atoms with E-state index in [1.54, 1.807) is 6.07 Å². The zero-order chi connectivity index (χ0) is 21.3. The Labute approximate surface area is 180 Å². The number of fused-ring (bicyclic) bond motifs is 1. The lowest BCUT2D eigenvalue weighted by molar-refractivity contribution is 0.591. The molecule has 0 bridgehead atoms. The predicted octanol–water partition coefficient (Wildman–Crippen LogP) is 5.13. The van der Waals surface area contributed by atoms with E-state index < -0.39 is 18.9 Å². The Morgan fingerprint density at radius 3 is 1.52 bits per heavy atom. The summed E-state index contributed by atoms with van der Waals surface area (Å²) in [7, 11) is -2.40. The van der Waals surface area contributed by atoms with Crippen molar-refractivity contribution in [3.8, 4) is 0 Å². The molecule has 0 aliphatic heterocycles. The van der Waals surface area contributed by atoms with Crippen LogP contribution in [0.4, 0.5) is 8.78 Å². The Hall–Kier alpha value is -3.42. The van der Waals surface area contributed by atoms with Crippen molar-refractivity contribution >= 4 is 39.5 Å². The minimum atomic E-state index is -2.40. The van der Waals surface area contributed by atoms with E-state index in [4.69, 9.17) is 4.98 Å². The van der Waals surface area contributed by atoms with Gasteiger partial charge in [0.15, 0.2) is 12.7 Å².